The molecule has 0 spiro atoms. The Morgan fingerprint density at radius 1 is 1.70 bits per heavy atom. The standard InChI is InChI=1S/C8H14N2/c1-7-4-3-5-10-8(6-7)9-2/h4-5,8-9H,3,6H2,1-2H3/t8-/m0/s1. The molecule has 2 nitrogen and oxygen atoms in total. The van der Waals surface area contributed by atoms with Crippen molar-refractivity contribution in [3.05, 3.63) is 11.6 Å². The lowest BCUT2D eigenvalue weighted by atomic mass is 10.2. The summed E-state index contributed by atoms with van der Waals surface area (Å²) in [4.78, 5) is 4.30. The Hall–Kier alpha value is -0.630. The molecule has 10 heavy (non-hydrogen) atoms. The zero-order chi connectivity index (χ0) is 7.40. The number of hydrogen-bond acceptors (Lipinski definition) is 2. The van der Waals surface area contributed by atoms with Crippen LogP contribution in [0.15, 0.2) is 16.6 Å². The van der Waals surface area contributed by atoms with Gasteiger partial charge in [0.2, 0.25) is 0 Å². The van der Waals surface area contributed by atoms with Crippen LogP contribution in [-0.4, -0.2) is 19.4 Å². The minimum Gasteiger partial charge on any atom is -0.299 e. The lowest BCUT2D eigenvalue weighted by Gasteiger charge is -2.08. The van der Waals surface area contributed by atoms with E-state index in [1.54, 1.807) is 0 Å². The zero-order valence-electron chi connectivity index (χ0n) is 6.59. The second-order valence-corrected chi connectivity index (χ2v) is 2.63. The molecule has 0 radical (unpaired) electrons. The fourth-order valence-corrected chi connectivity index (χ4v) is 1.06. The van der Waals surface area contributed by atoms with E-state index in [4.69, 9.17) is 0 Å². The molecular formula is C8H14N2. The average Bonchev–Trinajstić information content (AvgIpc) is 2.13. The number of nitrogens with one attached hydrogen (secondary N) is 1. The minimum absolute atomic E-state index is 0.304. The molecule has 0 bridgehead atoms. The second-order valence-electron chi connectivity index (χ2n) is 2.63. The maximum atomic E-state index is 4.30. The average molecular weight is 138 g/mol. The van der Waals surface area contributed by atoms with Crippen molar-refractivity contribution in [3.63, 3.8) is 0 Å². The predicted octanol–water partition coefficient (Wildman–Crippen LogP) is 1.34. The third-order valence-corrected chi connectivity index (χ3v) is 1.71. The summed E-state index contributed by atoms with van der Waals surface area (Å²) in [6.07, 6.45) is 6.54. The summed E-state index contributed by atoms with van der Waals surface area (Å²) in [5.74, 6) is 0. The highest BCUT2D eigenvalue weighted by Gasteiger charge is 2.04. The second kappa shape index (κ2) is 3.52. The van der Waals surface area contributed by atoms with Crippen LogP contribution in [0.5, 0.6) is 0 Å². The summed E-state index contributed by atoms with van der Waals surface area (Å²) in [5.41, 5.74) is 1.43. The minimum atomic E-state index is 0.304. The molecule has 0 saturated heterocycles. The molecule has 1 aliphatic rings. The quantitative estimate of drug-likeness (QED) is 0.543. The van der Waals surface area contributed by atoms with Crippen LogP contribution < -0.4 is 5.32 Å². The van der Waals surface area contributed by atoms with Crippen LogP contribution in [0, 0.1) is 0 Å². The van der Waals surface area contributed by atoms with E-state index in [0.29, 0.717) is 6.17 Å². The van der Waals surface area contributed by atoms with Crippen molar-refractivity contribution in [2.45, 2.75) is 25.9 Å². The first kappa shape index (κ1) is 7.48. The molecule has 1 rings (SSSR count). The Bertz CT molecular complexity index is 159. The highest BCUT2D eigenvalue weighted by Crippen LogP contribution is 2.08. The number of nitrogens with zero attached hydrogens (tertiary/aromatic N) is 1. The summed E-state index contributed by atoms with van der Waals surface area (Å²) < 4.78 is 0. The number of aliphatic imine (C=N–C) groups is 1. The summed E-state index contributed by atoms with van der Waals surface area (Å²) in [7, 11) is 1.95. The molecule has 1 N–H and O–H groups in total. The van der Waals surface area contributed by atoms with Gasteiger partial charge in [-0.25, -0.2) is 0 Å². The molecule has 2 heteroatoms. The summed E-state index contributed by atoms with van der Waals surface area (Å²) in [6, 6.07) is 0. The van der Waals surface area contributed by atoms with Gasteiger partial charge in [-0.15, -0.1) is 0 Å². The van der Waals surface area contributed by atoms with Crippen LogP contribution in [0.1, 0.15) is 19.8 Å². The third kappa shape index (κ3) is 1.95. The van der Waals surface area contributed by atoms with Crippen LogP contribution in [0.2, 0.25) is 0 Å². The van der Waals surface area contributed by atoms with E-state index in [0.717, 1.165) is 12.8 Å². The predicted molar refractivity (Wildman–Crippen MR) is 44.3 cm³/mol. The lowest BCUT2D eigenvalue weighted by Crippen LogP contribution is -2.22. The van der Waals surface area contributed by atoms with Crippen molar-refractivity contribution in [3.8, 4) is 0 Å². The Labute approximate surface area is 62.0 Å². The van der Waals surface area contributed by atoms with Crippen molar-refractivity contribution in [2.75, 3.05) is 7.05 Å². The molecule has 0 aromatic heterocycles. The van der Waals surface area contributed by atoms with Crippen molar-refractivity contribution in [1.82, 2.24) is 5.32 Å². The molecule has 56 valence electrons. The van der Waals surface area contributed by atoms with Gasteiger partial charge >= 0.3 is 0 Å². The van der Waals surface area contributed by atoms with E-state index < -0.39 is 0 Å². The molecular weight excluding hydrogens is 124 g/mol. The van der Waals surface area contributed by atoms with Gasteiger partial charge in [-0.1, -0.05) is 11.6 Å². The molecule has 0 unspecified atom stereocenters. The molecule has 0 aromatic rings. The number of rotatable bonds is 1. The first-order valence-corrected chi connectivity index (χ1v) is 3.67. The van der Waals surface area contributed by atoms with Crippen LogP contribution in [0.25, 0.3) is 0 Å². The van der Waals surface area contributed by atoms with Crippen molar-refractivity contribution < 1.29 is 0 Å². The molecule has 0 aromatic carbocycles. The van der Waals surface area contributed by atoms with Gasteiger partial charge in [-0.05, 0) is 14.0 Å². The Morgan fingerprint density at radius 3 is 3.20 bits per heavy atom. The van der Waals surface area contributed by atoms with Gasteiger partial charge in [0, 0.05) is 19.1 Å². The van der Waals surface area contributed by atoms with Crippen LogP contribution in [0.4, 0.5) is 0 Å². The summed E-state index contributed by atoms with van der Waals surface area (Å²) in [5, 5.41) is 3.14. The number of allylic oxidation sites excluding steroid dienone is 1. The van der Waals surface area contributed by atoms with Gasteiger partial charge in [0.25, 0.3) is 0 Å². The fourth-order valence-electron chi connectivity index (χ4n) is 1.06. The molecule has 0 fully saturated rings. The lowest BCUT2D eigenvalue weighted by molar-refractivity contribution is 0.586. The van der Waals surface area contributed by atoms with Crippen LogP contribution >= 0.6 is 0 Å². The highest BCUT2D eigenvalue weighted by molar-refractivity contribution is 5.60. The van der Waals surface area contributed by atoms with Gasteiger partial charge in [-0.3, -0.25) is 10.3 Å². The Morgan fingerprint density at radius 2 is 2.50 bits per heavy atom. The van der Waals surface area contributed by atoms with Crippen LogP contribution in [0.3, 0.4) is 0 Å². The van der Waals surface area contributed by atoms with E-state index in [1.165, 1.54) is 5.57 Å². The van der Waals surface area contributed by atoms with Gasteiger partial charge in [0.15, 0.2) is 0 Å². The van der Waals surface area contributed by atoms with Gasteiger partial charge in [-0.2, -0.15) is 0 Å². The Balaban J connectivity index is 2.55. The van der Waals surface area contributed by atoms with Gasteiger partial charge in [0.05, 0.1) is 0 Å². The zero-order valence-corrected chi connectivity index (χ0v) is 6.59. The monoisotopic (exact) mass is 138 g/mol. The maximum absolute atomic E-state index is 4.30. The normalized spacial score (nSPS) is 25.8. The summed E-state index contributed by atoms with van der Waals surface area (Å²) in [6.45, 7) is 2.15. The molecule has 0 amide bonds. The molecule has 1 aliphatic heterocycles. The molecule has 0 saturated carbocycles. The fraction of sp³-hybridized carbons (Fsp3) is 0.625. The van der Waals surface area contributed by atoms with E-state index in [1.807, 2.05) is 13.3 Å². The van der Waals surface area contributed by atoms with Gasteiger partial charge in [0.1, 0.15) is 6.17 Å². The van der Waals surface area contributed by atoms with Crippen molar-refractivity contribution in [1.29, 1.82) is 0 Å². The van der Waals surface area contributed by atoms with Crippen LogP contribution in [-0.2, 0) is 0 Å². The first-order valence-electron chi connectivity index (χ1n) is 3.67. The van der Waals surface area contributed by atoms with Gasteiger partial charge < -0.3 is 0 Å². The molecule has 0 aliphatic carbocycles. The first-order chi connectivity index (χ1) is 4.83. The third-order valence-electron chi connectivity index (χ3n) is 1.71. The number of hydrogen-bond donors (Lipinski definition) is 1. The van der Waals surface area contributed by atoms with E-state index in [2.05, 4.69) is 23.3 Å². The smallest absolute Gasteiger partial charge is 0.102 e. The molecule has 1 atom stereocenters. The van der Waals surface area contributed by atoms with E-state index in [9.17, 15) is 0 Å². The SMILES string of the molecule is CN[C@@H]1CC(C)=CCC=N1. The largest absolute Gasteiger partial charge is 0.299 e. The maximum Gasteiger partial charge on any atom is 0.102 e. The van der Waals surface area contributed by atoms with Crippen molar-refractivity contribution >= 4 is 6.21 Å². The van der Waals surface area contributed by atoms with Crippen molar-refractivity contribution in [2.24, 2.45) is 4.99 Å². The van der Waals surface area contributed by atoms with E-state index >= 15 is 0 Å². The topological polar surface area (TPSA) is 24.4 Å². The van der Waals surface area contributed by atoms with E-state index in [-0.39, 0.29) is 0 Å². The summed E-state index contributed by atoms with van der Waals surface area (Å²) >= 11 is 0. The molecule has 1 heterocycles. The Kier molecular flexibility index (Phi) is 2.63. The highest BCUT2D eigenvalue weighted by atomic mass is 15.0.